The molecule has 0 atom stereocenters. The van der Waals surface area contributed by atoms with Crippen molar-refractivity contribution >= 4 is 0 Å². The van der Waals surface area contributed by atoms with Crippen molar-refractivity contribution in [3.8, 4) is 5.75 Å². The van der Waals surface area contributed by atoms with Gasteiger partial charge in [-0.15, -0.1) is 0 Å². The van der Waals surface area contributed by atoms with E-state index in [0.717, 1.165) is 24.2 Å². The molecule has 106 valence electrons. The fourth-order valence-electron chi connectivity index (χ4n) is 1.84. The molecule has 0 saturated heterocycles. The monoisotopic (exact) mass is 274 g/mol. The molecule has 0 amide bonds. The maximum atomic E-state index is 11.5. The van der Waals surface area contributed by atoms with Crippen LogP contribution in [-0.2, 0) is 13.0 Å². The van der Waals surface area contributed by atoms with E-state index in [-0.39, 0.29) is 11.2 Å². The molecule has 1 heterocycles. The molecule has 2 aromatic rings. The van der Waals surface area contributed by atoms with Gasteiger partial charge in [0.1, 0.15) is 5.75 Å². The van der Waals surface area contributed by atoms with Gasteiger partial charge in [0.25, 0.3) is 5.56 Å². The van der Waals surface area contributed by atoms with E-state index >= 15 is 0 Å². The van der Waals surface area contributed by atoms with Gasteiger partial charge >= 0.3 is 5.69 Å². The number of nitrogens with one attached hydrogen (secondary N) is 1. The zero-order valence-corrected chi connectivity index (χ0v) is 11.5. The van der Waals surface area contributed by atoms with Crippen LogP contribution in [-0.4, -0.2) is 16.2 Å². The highest BCUT2D eigenvalue weighted by Gasteiger charge is 1.99. The minimum Gasteiger partial charge on any atom is -0.494 e. The van der Waals surface area contributed by atoms with Gasteiger partial charge in [0, 0.05) is 18.8 Å². The van der Waals surface area contributed by atoms with Crippen LogP contribution in [0.2, 0.25) is 0 Å². The van der Waals surface area contributed by atoms with E-state index in [4.69, 9.17) is 4.74 Å². The third kappa shape index (κ3) is 3.85. The predicted octanol–water partition coefficient (Wildman–Crippen LogP) is 1.57. The molecule has 0 aliphatic carbocycles. The number of aromatic amines is 1. The Morgan fingerprint density at radius 1 is 1.15 bits per heavy atom. The standard InChI is InChI=1S/C15H18N2O3/c1-2-11-20-13-5-3-12(4-6-13)7-9-17-10-8-14(18)16-15(17)19/h3-6,8,10H,2,7,9,11H2,1H3,(H,16,18,19). The van der Waals surface area contributed by atoms with Crippen LogP contribution in [0.4, 0.5) is 0 Å². The lowest BCUT2D eigenvalue weighted by atomic mass is 10.1. The molecule has 1 aromatic heterocycles. The van der Waals surface area contributed by atoms with Crippen LogP contribution in [0.1, 0.15) is 18.9 Å². The molecule has 1 aromatic carbocycles. The van der Waals surface area contributed by atoms with Crippen LogP contribution >= 0.6 is 0 Å². The molecule has 0 aliphatic rings. The second-order valence-corrected chi connectivity index (χ2v) is 4.55. The molecule has 0 fully saturated rings. The number of hydrogen-bond donors (Lipinski definition) is 1. The molecular formula is C15H18N2O3. The van der Waals surface area contributed by atoms with Gasteiger partial charge in [-0.05, 0) is 30.5 Å². The van der Waals surface area contributed by atoms with Gasteiger partial charge in [0.15, 0.2) is 0 Å². The van der Waals surface area contributed by atoms with Crippen LogP contribution in [0.3, 0.4) is 0 Å². The lowest BCUT2D eigenvalue weighted by Gasteiger charge is -2.07. The lowest BCUT2D eigenvalue weighted by Crippen LogP contribution is -2.29. The highest BCUT2D eigenvalue weighted by atomic mass is 16.5. The summed E-state index contributed by atoms with van der Waals surface area (Å²) in [5.41, 5.74) is 0.371. The van der Waals surface area contributed by atoms with Crippen LogP contribution in [0.15, 0.2) is 46.1 Å². The largest absolute Gasteiger partial charge is 0.494 e. The van der Waals surface area contributed by atoms with Gasteiger partial charge in [0.05, 0.1) is 6.61 Å². The maximum Gasteiger partial charge on any atom is 0.328 e. The van der Waals surface area contributed by atoms with Gasteiger partial charge < -0.3 is 9.30 Å². The summed E-state index contributed by atoms with van der Waals surface area (Å²) in [6.45, 7) is 3.31. The zero-order valence-electron chi connectivity index (χ0n) is 11.5. The highest BCUT2D eigenvalue weighted by molar-refractivity contribution is 5.27. The Morgan fingerprint density at radius 3 is 2.55 bits per heavy atom. The lowest BCUT2D eigenvalue weighted by molar-refractivity contribution is 0.317. The van der Waals surface area contributed by atoms with E-state index in [2.05, 4.69) is 11.9 Å². The second-order valence-electron chi connectivity index (χ2n) is 4.55. The first-order chi connectivity index (χ1) is 9.69. The second kappa shape index (κ2) is 6.75. The average molecular weight is 274 g/mol. The molecule has 0 unspecified atom stereocenters. The molecule has 5 nitrogen and oxygen atoms in total. The minimum absolute atomic E-state index is 0.372. The van der Waals surface area contributed by atoms with Gasteiger partial charge in [-0.2, -0.15) is 0 Å². The Balaban J connectivity index is 1.96. The van der Waals surface area contributed by atoms with Gasteiger partial charge in [-0.1, -0.05) is 19.1 Å². The summed E-state index contributed by atoms with van der Waals surface area (Å²) in [7, 11) is 0. The number of aryl methyl sites for hydroxylation is 2. The summed E-state index contributed by atoms with van der Waals surface area (Å²) in [6, 6.07) is 9.19. The summed E-state index contributed by atoms with van der Waals surface area (Å²) in [5.74, 6) is 0.858. The van der Waals surface area contributed by atoms with Crippen molar-refractivity contribution < 1.29 is 4.74 Å². The predicted molar refractivity (Wildman–Crippen MR) is 77.3 cm³/mol. The maximum absolute atomic E-state index is 11.5. The molecule has 0 aliphatic heterocycles. The Morgan fingerprint density at radius 2 is 1.90 bits per heavy atom. The van der Waals surface area contributed by atoms with Crippen molar-refractivity contribution in [2.75, 3.05) is 6.61 Å². The Bertz CT molecular complexity index is 656. The van der Waals surface area contributed by atoms with E-state index < -0.39 is 0 Å². The highest BCUT2D eigenvalue weighted by Crippen LogP contribution is 2.13. The van der Waals surface area contributed by atoms with Crippen LogP contribution in [0.5, 0.6) is 5.75 Å². The number of aromatic nitrogens is 2. The van der Waals surface area contributed by atoms with Crippen molar-refractivity contribution in [2.24, 2.45) is 0 Å². The molecule has 0 bridgehead atoms. The molecule has 0 radical (unpaired) electrons. The first-order valence-electron chi connectivity index (χ1n) is 6.70. The molecule has 20 heavy (non-hydrogen) atoms. The summed E-state index contributed by atoms with van der Waals surface area (Å²) in [4.78, 5) is 24.7. The molecule has 2 rings (SSSR count). The topological polar surface area (TPSA) is 64.1 Å². The Labute approximate surface area is 116 Å². The summed E-state index contributed by atoms with van der Waals surface area (Å²) < 4.78 is 7.00. The summed E-state index contributed by atoms with van der Waals surface area (Å²) >= 11 is 0. The fourth-order valence-corrected chi connectivity index (χ4v) is 1.84. The summed E-state index contributed by atoms with van der Waals surface area (Å²) in [6.07, 6.45) is 3.22. The quantitative estimate of drug-likeness (QED) is 0.869. The first kappa shape index (κ1) is 14.1. The number of benzene rings is 1. The van der Waals surface area contributed by atoms with E-state index in [1.54, 1.807) is 0 Å². The molecule has 5 heteroatoms. The van der Waals surface area contributed by atoms with E-state index in [1.165, 1.54) is 16.8 Å². The third-order valence-electron chi connectivity index (χ3n) is 2.93. The Hall–Kier alpha value is -2.30. The van der Waals surface area contributed by atoms with Crippen molar-refractivity contribution in [1.82, 2.24) is 9.55 Å². The third-order valence-corrected chi connectivity index (χ3v) is 2.93. The van der Waals surface area contributed by atoms with Crippen LogP contribution in [0.25, 0.3) is 0 Å². The smallest absolute Gasteiger partial charge is 0.328 e. The SMILES string of the molecule is CCCOc1ccc(CCn2ccc(=O)[nH]c2=O)cc1. The first-order valence-corrected chi connectivity index (χ1v) is 6.70. The number of ether oxygens (including phenoxy) is 1. The Kier molecular flexibility index (Phi) is 4.76. The van der Waals surface area contributed by atoms with Gasteiger partial charge in [0.2, 0.25) is 0 Å². The van der Waals surface area contributed by atoms with Crippen molar-refractivity contribution in [3.63, 3.8) is 0 Å². The van der Waals surface area contributed by atoms with Gasteiger partial charge in [-0.25, -0.2) is 4.79 Å². The fraction of sp³-hybridized carbons (Fsp3) is 0.333. The summed E-state index contributed by atoms with van der Waals surface area (Å²) in [5, 5.41) is 0. The molecule has 0 saturated carbocycles. The van der Waals surface area contributed by atoms with E-state index in [0.29, 0.717) is 13.2 Å². The minimum atomic E-state index is -0.375. The normalized spacial score (nSPS) is 10.4. The van der Waals surface area contributed by atoms with Crippen molar-refractivity contribution in [1.29, 1.82) is 0 Å². The van der Waals surface area contributed by atoms with Crippen LogP contribution in [0, 0.1) is 0 Å². The zero-order chi connectivity index (χ0) is 14.4. The van der Waals surface area contributed by atoms with Crippen molar-refractivity contribution in [3.05, 3.63) is 62.9 Å². The van der Waals surface area contributed by atoms with E-state index in [1.807, 2.05) is 24.3 Å². The average Bonchev–Trinajstić information content (AvgIpc) is 2.45. The number of nitrogens with zero attached hydrogens (tertiary/aromatic N) is 1. The van der Waals surface area contributed by atoms with E-state index in [9.17, 15) is 9.59 Å². The number of H-pyrrole nitrogens is 1. The molecule has 0 spiro atoms. The van der Waals surface area contributed by atoms with Gasteiger partial charge in [-0.3, -0.25) is 9.78 Å². The number of rotatable bonds is 6. The van der Waals surface area contributed by atoms with Crippen molar-refractivity contribution in [2.45, 2.75) is 26.3 Å². The molecular weight excluding hydrogens is 256 g/mol. The number of hydrogen-bond acceptors (Lipinski definition) is 3. The van der Waals surface area contributed by atoms with Crippen LogP contribution < -0.4 is 16.0 Å². The molecule has 1 N–H and O–H groups in total.